The molecule has 0 aliphatic carbocycles. The largest absolute Gasteiger partial charge is 0.481 e. The van der Waals surface area contributed by atoms with Crippen LogP contribution >= 0.6 is 0 Å². The minimum atomic E-state index is -3.71. The third-order valence-electron chi connectivity index (χ3n) is 4.43. The molecule has 150 valence electrons. The number of hydrogen-bond acceptors (Lipinski definition) is 5. The van der Waals surface area contributed by atoms with Gasteiger partial charge in [-0.3, -0.25) is 9.59 Å². The van der Waals surface area contributed by atoms with Gasteiger partial charge in [0.2, 0.25) is 10.0 Å². The molecule has 1 aromatic carbocycles. The van der Waals surface area contributed by atoms with Gasteiger partial charge in [-0.15, -0.1) is 0 Å². The van der Waals surface area contributed by atoms with Crippen LogP contribution in [0.2, 0.25) is 0 Å². The van der Waals surface area contributed by atoms with E-state index in [9.17, 15) is 18.0 Å². The second-order valence-electron chi connectivity index (χ2n) is 6.61. The Morgan fingerprint density at radius 2 is 1.96 bits per heavy atom. The molecular formula is C18H26N2O6S. The lowest BCUT2D eigenvalue weighted by atomic mass is 10.1. The summed E-state index contributed by atoms with van der Waals surface area (Å²) in [5.74, 6) is -1.57. The van der Waals surface area contributed by atoms with Gasteiger partial charge >= 0.3 is 5.97 Å². The molecule has 1 unspecified atom stereocenters. The van der Waals surface area contributed by atoms with Gasteiger partial charge in [-0.2, -0.15) is 4.31 Å². The molecule has 0 aromatic heterocycles. The van der Waals surface area contributed by atoms with Crippen molar-refractivity contribution in [3.63, 3.8) is 0 Å². The van der Waals surface area contributed by atoms with E-state index < -0.39 is 21.9 Å². The Labute approximate surface area is 159 Å². The first-order chi connectivity index (χ1) is 12.8. The molecule has 9 heteroatoms. The molecule has 2 N–H and O–H groups in total. The molecule has 1 aromatic rings. The van der Waals surface area contributed by atoms with Gasteiger partial charge in [0.1, 0.15) is 0 Å². The second-order valence-corrected chi connectivity index (χ2v) is 8.51. The normalized spacial score (nSPS) is 16.7. The van der Waals surface area contributed by atoms with Crippen molar-refractivity contribution in [2.45, 2.75) is 31.6 Å². The average Bonchev–Trinajstić information content (AvgIpc) is 2.65. The van der Waals surface area contributed by atoms with Crippen LogP contribution in [-0.4, -0.2) is 62.6 Å². The number of morpholine rings is 1. The van der Waals surface area contributed by atoms with Gasteiger partial charge in [0.25, 0.3) is 5.91 Å². The first kappa shape index (κ1) is 21.3. The molecule has 2 rings (SSSR count). The summed E-state index contributed by atoms with van der Waals surface area (Å²) < 4.78 is 32.6. The predicted molar refractivity (Wildman–Crippen MR) is 99.1 cm³/mol. The number of hydrogen-bond donors (Lipinski definition) is 2. The zero-order chi connectivity index (χ0) is 20.0. The number of carboxylic acid groups (broad SMARTS) is 1. The van der Waals surface area contributed by atoms with E-state index in [0.717, 1.165) is 0 Å². The Morgan fingerprint density at radius 1 is 1.30 bits per heavy atom. The summed E-state index contributed by atoms with van der Waals surface area (Å²) in [6, 6.07) is 4.65. The first-order valence-corrected chi connectivity index (χ1v) is 10.4. The minimum absolute atomic E-state index is 0.0499. The van der Waals surface area contributed by atoms with E-state index in [1.54, 1.807) is 19.1 Å². The Kier molecular flexibility index (Phi) is 7.34. The zero-order valence-electron chi connectivity index (χ0n) is 15.6. The van der Waals surface area contributed by atoms with Crippen LogP contribution in [0.4, 0.5) is 0 Å². The van der Waals surface area contributed by atoms with Crippen LogP contribution < -0.4 is 5.32 Å². The molecule has 0 spiro atoms. The van der Waals surface area contributed by atoms with E-state index in [1.807, 2.05) is 6.92 Å². The summed E-state index contributed by atoms with van der Waals surface area (Å²) in [7, 11) is -3.71. The molecule has 1 saturated heterocycles. The van der Waals surface area contributed by atoms with E-state index in [2.05, 4.69) is 5.32 Å². The molecule has 0 radical (unpaired) electrons. The van der Waals surface area contributed by atoms with Gasteiger partial charge in [-0.25, -0.2) is 8.42 Å². The number of carboxylic acids is 1. The number of nitrogens with one attached hydrogen (secondary N) is 1. The first-order valence-electron chi connectivity index (χ1n) is 8.96. The molecule has 1 amide bonds. The van der Waals surface area contributed by atoms with Crippen LogP contribution in [0.5, 0.6) is 0 Å². The number of carbonyl (C=O) groups excluding carboxylic acids is 1. The Bertz CT molecular complexity index is 787. The van der Waals surface area contributed by atoms with Crippen LogP contribution in [0.1, 0.15) is 36.2 Å². The lowest BCUT2D eigenvalue weighted by Crippen LogP contribution is -2.41. The van der Waals surface area contributed by atoms with Crippen LogP contribution in [0, 0.1) is 5.92 Å². The van der Waals surface area contributed by atoms with Crippen molar-refractivity contribution in [3.8, 4) is 0 Å². The number of amides is 1. The standard InChI is InChI=1S/C18H26N2O6S/c1-3-14-4-5-15(18(23)19-12-13(2)10-17(21)22)11-16(14)27(24,25)20-6-8-26-9-7-20/h4-5,11,13H,3,6-10,12H2,1-2H3,(H,19,23)(H,21,22). The zero-order valence-corrected chi connectivity index (χ0v) is 16.4. The van der Waals surface area contributed by atoms with Gasteiger partial charge in [0.05, 0.1) is 18.1 Å². The summed E-state index contributed by atoms with van der Waals surface area (Å²) in [4.78, 5) is 23.2. The quantitative estimate of drug-likeness (QED) is 0.678. The number of aryl methyl sites for hydroxylation is 1. The van der Waals surface area contributed by atoms with Crippen LogP contribution in [0.15, 0.2) is 23.1 Å². The average molecular weight is 398 g/mol. The van der Waals surface area contributed by atoms with E-state index in [4.69, 9.17) is 9.84 Å². The smallest absolute Gasteiger partial charge is 0.303 e. The van der Waals surface area contributed by atoms with Crippen LogP contribution in [-0.2, 0) is 26.0 Å². The molecule has 27 heavy (non-hydrogen) atoms. The third-order valence-corrected chi connectivity index (χ3v) is 6.41. The number of nitrogens with zero attached hydrogens (tertiary/aromatic N) is 1. The number of ether oxygens (including phenoxy) is 1. The van der Waals surface area contributed by atoms with Crippen molar-refractivity contribution < 1.29 is 27.9 Å². The maximum absolute atomic E-state index is 13.0. The van der Waals surface area contributed by atoms with Crippen molar-refractivity contribution in [2.75, 3.05) is 32.8 Å². The summed E-state index contributed by atoms with van der Waals surface area (Å²) >= 11 is 0. The molecular weight excluding hydrogens is 372 g/mol. The molecule has 1 aliphatic heterocycles. The van der Waals surface area contributed by atoms with Crippen molar-refractivity contribution in [1.82, 2.24) is 9.62 Å². The maximum atomic E-state index is 13.0. The number of carbonyl (C=O) groups is 2. The number of benzene rings is 1. The number of rotatable bonds is 8. The van der Waals surface area contributed by atoms with Gasteiger partial charge in [-0.05, 0) is 30.0 Å². The Morgan fingerprint density at radius 3 is 2.56 bits per heavy atom. The predicted octanol–water partition coefficient (Wildman–Crippen LogP) is 1.11. The van der Waals surface area contributed by atoms with Gasteiger partial charge < -0.3 is 15.2 Å². The lowest BCUT2D eigenvalue weighted by molar-refractivity contribution is -0.137. The molecule has 0 saturated carbocycles. The Balaban J connectivity index is 2.21. The fraction of sp³-hybridized carbons (Fsp3) is 0.556. The summed E-state index contributed by atoms with van der Waals surface area (Å²) in [6.45, 7) is 5.06. The van der Waals surface area contributed by atoms with Crippen molar-refractivity contribution >= 4 is 21.9 Å². The maximum Gasteiger partial charge on any atom is 0.303 e. The summed E-state index contributed by atoms with van der Waals surface area (Å²) in [5.41, 5.74) is 0.888. The molecule has 8 nitrogen and oxygen atoms in total. The summed E-state index contributed by atoms with van der Waals surface area (Å²) in [5, 5.41) is 11.4. The molecule has 1 atom stereocenters. The molecule has 1 fully saturated rings. The highest BCUT2D eigenvalue weighted by Gasteiger charge is 2.29. The topological polar surface area (TPSA) is 113 Å². The molecule has 0 bridgehead atoms. The summed E-state index contributed by atoms with van der Waals surface area (Å²) in [6.07, 6.45) is 0.474. The number of sulfonamides is 1. The van der Waals surface area contributed by atoms with Crippen LogP contribution in [0.3, 0.4) is 0 Å². The molecule has 1 heterocycles. The SMILES string of the molecule is CCc1ccc(C(=O)NCC(C)CC(=O)O)cc1S(=O)(=O)N1CCOCC1. The Hall–Kier alpha value is -1.97. The lowest BCUT2D eigenvalue weighted by Gasteiger charge is -2.27. The van der Waals surface area contributed by atoms with Crippen molar-refractivity contribution in [1.29, 1.82) is 0 Å². The van der Waals surface area contributed by atoms with Crippen LogP contribution in [0.25, 0.3) is 0 Å². The van der Waals surface area contributed by atoms with E-state index in [1.165, 1.54) is 10.4 Å². The highest BCUT2D eigenvalue weighted by Crippen LogP contribution is 2.23. The van der Waals surface area contributed by atoms with Gasteiger partial charge in [-0.1, -0.05) is 19.9 Å². The number of aliphatic carboxylic acids is 1. The third kappa shape index (κ3) is 5.50. The van der Waals surface area contributed by atoms with Crippen molar-refractivity contribution in [2.24, 2.45) is 5.92 Å². The monoisotopic (exact) mass is 398 g/mol. The van der Waals surface area contributed by atoms with Crippen molar-refractivity contribution in [3.05, 3.63) is 29.3 Å². The highest BCUT2D eigenvalue weighted by molar-refractivity contribution is 7.89. The highest BCUT2D eigenvalue weighted by atomic mass is 32.2. The van der Waals surface area contributed by atoms with E-state index >= 15 is 0 Å². The second kappa shape index (κ2) is 9.29. The van der Waals surface area contributed by atoms with Gasteiger partial charge in [0, 0.05) is 31.6 Å². The van der Waals surface area contributed by atoms with E-state index in [-0.39, 0.29) is 42.4 Å². The fourth-order valence-electron chi connectivity index (χ4n) is 2.89. The fourth-order valence-corrected chi connectivity index (χ4v) is 4.62. The van der Waals surface area contributed by atoms with Gasteiger partial charge in [0.15, 0.2) is 0 Å². The van der Waals surface area contributed by atoms with E-state index in [0.29, 0.717) is 25.2 Å². The molecule has 1 aliphatic rings. The minimum Gasteiger partial charge on any atom is -0.481 e.